The van der Waals surface area contributed by atoms with E-state index in [4.69, 9.17) is 23.9 Å². The normalized spacial score (nSPS) is 12.0. The van der Waals surface area contributed by atoms with Crippen LogP contribution in [-0.4, -0.2) is 32.5 Å². The van der Waals surface area contributed by atoms with Crippen LogP contribution in [0.5, 0.6) is 11.5 Å². The van der Waals surface area contributed by atoms with Gasteiger partial charge in [-0.25, -0.2) is 4.79 Å². The molecular weight excluding hydrogens is 541 g/mol. The number of nitrogens with zero attached hydrogens (tertiary/aromatic N) is 1. The van der Waals surface area contributed by atoms with Crippen molar-refractivity contribution in [2.24, 2.45) is 5.16 Å². The molecule has 0 heterocycles. The highest BCUT2D eigenvalue weighted by Gasteiger charge is 2.30. The molecule has 0 radical (unpaired) electrons. The highest BCUT2D eigenvalue weighted by atomic mass is 19.4. The lowest BCUT2D eigenvalue weighted by molar-refractivity contribution is -0.137. The van der Waals surface area contributed by atoms with Gasteiger partial charge in [-0.1, -0.05) is 42.1 Å². The second-order valence-corrected chi connectivity index (χ2v) is 8.29. The van der Waals surface area contributed by atoms with Crippen LogP contribution >= 0.6 is 0 Å². The first-order chi connectivity index (χ1) is 19.7. The van der Waals surface area contributed by atoms with Crippen molar-refractivity contribution in [1.29, 1.82) is 0 Å². The lowest BCUT2D eigenvalue weighted by atomic mass is 10.0. The highest BCUT2D eigenvalue weighted by molar-refractivity contribution is 6.16. The van der Waals surface area contributed by atoms with Gasteiger partial charge in [-0.15, -0.1) is 0 Å². The Labute approximate surface area is 235 Å². The number of methoxy groups -OCH3 is 2. The third-order valence-electron chi connectivity index (χ3n) is 5.47. The van der Waals surface area contributed by atoms with Gasteiger partial charge in [0.25, 0.3) is 0 Å². The fraction of sp³-hybridized carbons (Fsp3) is 0.200. The number of hydrogen-bond acceptors (Lipinski definition) is 8. The topological polar surface area (TPSA) is 87.6 Å². The van der Waals surface area contributed by atoms with Crippen LogP contribution < -0.4 is 10.2 Å². The van der Waals surface area contributed by atoms with E-state index >= 15 is 0 Å². The van der Waals surface area contributed by atoms with Gasteiger partial charge in [0.05, 0.1) is 31.7 Å². The van der Waals surface area contributed by atoms with Crippen LogP contribution in [-0.2, 0) is 36.7 Å². The average Bonchev–Trinajstić information content (AvgIpc) is 2.96. The number of hydroxylamine groups is 1. The molecular formula is C30H29F3N2O6. The number of oxime groups is 1. The van der Waals surface area contributed by atoms with Gasteiger partial charge in [0.15, 0.2) is 0 Å². The first-order valence-electron chi connectivity index (χ1n) is 12.3. The fourth-order valence-electron chi connectivity index (χ4n) is 3.57. The first-order valence-corrected chi connectivity index (χ1v) is 12.3. The van der Waals surface area contributed by atoms with Crippen LogP contribution in [0.3, 0.4) is 0 Å². The third-order valence-corrected chi connectivity index (χ3v) is 5.47. The molecule has 0 aliphatic rings. The van der Waals surface area contributed by atoms with Crippen LogP contribution in [0, 0.1) is 0 Å². The number of halogens is 3. The SMILES string of the molecule is C=C(NOCc1ccccc1C(=COC)C(=O)OC)C(=NOCC)c1ccc(Oc2cccc(C(F)(F)F)c2)cc1. The van der Waals surface area contributed by atoms with Crippen molar-refractivity contribution in [3.63, 3.8) is 0 Å². The second kappa shape index (κ2) is 14.6. The predicted octanol–water partition coefficient (Wildman–Crippen LogP) is 6.63. The minimum Gasteiger partial charge on any atom is -0.503 e. The van der Waals surface area contributed by atoms with Gasteiger partial charge in [0.1, 0.15) is 36.0 Å². The molecule has 0 spiro atoms. The number of alkyl halides is 3. The Morgan fingerprint density at radius 3 is 2.39 bits per heavy atom. The maximum atomic E-state index is 13.0. The van der Waals surface area contributed by atoms with E-state index < -0.39 is 17.7 Å². The number of benzene rings is 3. The summed E-state index contributed by atoms with van der Waals surface area (Å²) in [7, 11) is 2.70. The number of carbonyl (C=O) groups excluding carboxylic acids is 1. The van der Waals surface area contributed by atoms with E-state index in [1.807, 2.05) is 0 Å². The number of ether oxygens (including phenoxy) is 3. The lowest BCUT2D eigenvalue weighted by Crippen LogP contribution is -2.21. The molecule has 0 bridgehead atoms. The van der Waals surface area contributed by atoms with Gasteiger partial charge in [-0.3, -0.25) is 10.3 Å². The number of hydrogen-bond donors (Lipinski definition) is 1. The molecule has 216 valence electrons. The zero-order chi connectivity index (χ0) is 29.8. The summed E-state index contributed by atoms with van der Waals surface area (Å²) in [6, 6.07) is 18.2. The summed E-state index contributed by atoms with van der Waals surface area (Å²) in [5, 5.41) is 4.12. The summed E-state index contributed by atoms with van der Waals surface area (Å²) >= 11 is 0. The van der Waals surface area contributed by atoms with Crippen molar-refractivity contribution < 1.29 is 41.9 Å². The van der Waals surface area contributed by atoms with Crippen molar-refractivity contribution in [3.05, 3.63) is 114 Å². The molecule has 0 saturated heterocycles. The number of rotatable bonds is 13. The maximum Gasteiger partial charge on any atom is 0.416 e. The van der Waals surface area contributed by atoms with Crippen LogP contribution in [0.4, 0.5) is 13.2 Å². The van der Waals surface area contributed by atoms with Gasteiger partial charge >= 0.3 is 12.1 Å². The maximum absolute atomic E-state index is 13.0. The molecule has 3 aromatic carbocycles. The van der Waals surface area contributed by atoms with Crippen LogP contribution in [0.15, 0.2) is 96.5 Å². The average molecular weight is 571 g/mol. The molecule has 1 N–H and O–H groups in total. The Hall–Kier alpha value is -4.77. The molecule has 0 atom stereocenters. The molecule has 0 unspecified atom stereocenters. The highest BCUT2D eigenvalue weighted by Crippen LogP contribution is 2.33. The van der Waals surface area contributed by atoms with Gasteiger partial charge in [-0.05, 0) is 60.5 Å². The van der Waals surface area contributed by atoms with Crippen molar-refractivity contribution in [2.45, 2.75) is 19.7 Å². The standard InChI is InChI=1S/C30H29F3N2O6/c1-5-39-35-28(21-13-15-24(16-14-21)41-25-11-8-10-23(17-25)30(31,32)33)20(2)34-40-18-22-9-6-7-12-26(22)27(19-37-3)29(36)38-4/h6-17,19,34H,2,5,18H2,1,3-4H3. The lowest BCUT2D eigenvalue weighted by Gasteiger charge is -2.15. The molecule has 0 saturated carbocycles. The molecule has 0 aromatic heterocycles. The Kier molecular flexibility index (Phi) is 10.9. The monoisotopic (exact) mass is 570 g/mol. The molecule has 3 rings (SSSR count). The minimum absolute atomic E-state index is 0.0406. The summed E-state index contributed by atoms with van der Waals surface area (Å²) in [6.07, 6.45) is -3.18. The molecule has 0 aliphatic carbocycles. The molecule has 41 heavy (non-hydrogen) atoms. The van der Waals surface area contributed by atoms with Crippen molar-refractivity contribution in [1.82, 2.24) is 5.48 Å². The number of esters is 1. The number of allylic oxidation sites excluding steroid dienone is 1. The van der Waals surface area contributed by atoms with Crippen molar-refractivity contribution in [3.8, 4) is 11.5 Å². The largest absolute Gasteiger partial charge is 0.503 e. The van der Waals surface area contributed by atoms with Crippen molar-refractivity contribution in [2.75, 3.05) is 20.8 Å². The molecule has 0 fully saturated rings. The van der Waals surface area contributed by atoms with Crippen LogP contribution in [0.2, 0.25) is 0 Å². The Bertz CT molecular complexity index is 1400. The summed E-state index contributed by atoms with van der Waals surface area (Å²) < 4.78 is 54.5. The van der Waals surface area contributed by atoms with E-state index in [9.17, 15) is 18.0 Å². The van der Waals surface area contributed by atoms with Crippen molar-refractivity contribution >= 4 is 17.3 Å². The van der Waals surface area contributed by atoms with Gasteiger partial charge < -0.3 is 19.0 Å². The predicted molar refractivity (Wildman–Crippen MR) is 147 cm³/mol. The minimum atomic E-state index is -4.48. The number of carbonyl (C=O) groups is 1. The second-order valence-electron chi connectivity index (χ2n) is 8.29. The number of nitrogens with one attached hydrogen (secondary N) is 1. The van der Waals surface area contributed by atoms with Gasteiger partial charge in [0, 0.05) is 5.56 Å². The van der Waals surface area contributed by atoms with Crippen LogP contribution in [0.25, 0.3) is 5.57 Å². The van der Waals surface area contributed by atoms with E-state index in [1.54, 1.807) is 55.5 Å². The zero-order valence-corrected chi connectivity index (χ0v) is 22.7. The molecule has 11 heteroatoms. The molecule has 0 aliphatic heterocycles. The smallest absolute Gasteiger partial charge is 0.416 e. The Morgan fingerprint density at radius 2 is 1.73 bits per heavy atom. The van der Waals surface area contributed by atoms with E-state index in [-0.39, 0.29) is 23.6 Å². The van der Waals surface area contributed by atoms with E-state index in [2.05, 4.69) is 17.2 Å². The molecule has 3 aromatic rings. The summed E-state index contributed by atoms with van der Waals surface area (Å²) in [5.74, 6) is -0.199. The fourth-order valence-corrected chi connectivity index (χ4v) is 3.57. The van der Waals surface area contributed by atoms with Gasteiger partial charge in [0.2, 0.25) is 0 Å². The third kappa shape index (κ3) is 8.61. The summed E-state index contributed by atoms with van der Waals surface area (Å²) in [6.45, 7) is 6.08. The summed E-state index contributed by atoms with van der Waals surface area (Å²) in [5.41, 5.74) is 4.55. The van der Waals surface area contributed by atoms with E-state index in [0.29, 0.717) is 34.8 Å². The molecule has 8 nitrogen and oxygen atoms in total. The van der Waals surface area contributed by atoms with E-state index in [0.717, 1.165) is 12.1 Å². The Morgan fingerprint density at radius 1 is 1.00 bits per heavy atom. The first kappa shape index (κ1) is 30.8. The summed E-state index contributed by atoms with van der Waals surface area (Å²) in [4.78, 5) is 23.1. The van der Waals surface area contributed by atoms with E-state index in [1.165, 1.54) is 32.6 Å². The van der Waals surface area contributed by atoms with Gasteiger partial charge in [-0.2, -0.15) is 13.2 Å². The Balaban J connectivity index is 1.72. The van der Waals surface area contributed by atoms with Crippen LogP contribution in [0.1, 0.15) is 29.2 Å². The zero-order valence-electron chi connectivity index (χ0n) is 22.7. The molecule has 0 amide bonds. The quantitative estimate of drug-likeness (QED) is 0.0811.